The smallest absolute Gasteiger partial charge is 0.353 e. The van der Waals surface area contributed by atoms with Crippen molar-refractivity contribution in [2.75, 3.05) is 5.32 Å². The summed E-state index contributed by atoms with van der Waals surface area (Å²) in [6.45, 7) is 1.81. The summed E-state index contributed by atoms with van der Waals surface area (Å²) in [5, 5.41) is 8.60. The summed E-state index contributed by atoms with van der Waals surface area (Å²) in [7, 11) is 0. The van der Waals surface area contributed by atoms with E-state index in [1.165, 1.54) is 0 Å². The molecule has 2 rings (SSSR count). The molecule has 0 fully saturated rings. The SMILES string of the molecule is CC(Nc1nnc(C(F)(F)F)s1)c1cccnc1. The Balaban J connectivity index is 2.08. The number of pyridine rings is 1. The maximum atomic E-state index is 12.3. The Labute approximate surface area is 105 Å². The third-order valence-corrected chi connectivity index (χ3v) is 3.09. The van der Waals surface area contributed by atoms with Gasteiger partial charge in [-0.3, -0.25) is 4.98 Å². The van der Waals surface area contributed by atoms with E-state index in [4.69, 9.17) is 0 Å². The second-order valence-electron chi connectivity index (χ2n) is 3.56. The number of nitrogens with zero attached hydrogens (tertiary/aromatic N) is 3. The van der Waals surface area contributed by atoms with Gasteiger partial charge in [0.25, 0.3) is 0 Å². The average molecular weight is 274 g/mol. The molecule has 4 nitrogen and oxygen atoms in total. The average Bonchev–Trinajstić information content (AvgIpc) is 2.78. The minimum atomic E-state index is -4.45. The maximum Gasteiger partial charge on any atom is 0.445 e. The fourth-order valence-electron chi connectivity index (χ4n) is 1.30. The van der Waals surface area contributed by atoms with E-state index in [2.05, 4.69) is 20.5 Å². The molecule has 1 unspecified atom stereocenters. The molecule has 18 heavy (non-hydrogen) atoms. The number of rotatable bonds is 3. The molecule has 0 aromatic carbocycles. The predicted octanol–water partition coefficient (Wildman–Crippen LogP) is 3.13. The summed E-state index contributed by atoms with van der Waals surface area (Å²) < 4.78 is 37.0. The van der Waals surface area contributed by atoms with Crippen LogP contribution in [0.3, 0.4) is 0 Å². The molecule has 0 spiro atoms. The van der Waals surface area contributed by atoms with Crippen LogP contribution in [0.5, 0.6) is 0 Å². The van der Waals surface area contributed by atoms with Gasteiger partial charge in [-0.1, -0.05) is 17.4 Å². The van der Waals surface area contributed by atoms with Crippen LogP contribution in [-0.2, 0) is 6.18 Å². The van der Waals surface area contributed by atoms with Gasteiger partial charge in [-0.15, -0.1) is 10.2 Å². The minimum absolute atomic E-state index is 0.138. The zero-order chi connectivity index (χ0) is 13.2. The number of anilines is 1. The number of hydrogen-bond acceptors (Lipinski definition) is 5. The number of halogens is 3. The zero-order valence-corrected chi connectivity index (χ0v) is 10.1. The van der Waals surface area contributed by atoms with Gasteiger partial charge in [-0.2, -0.15) is 13.2 Å². The normalized spacial score (nSPS) is 13.3. The summed E-state index contributed by atoms with van der Waals surface area (Å²) in [6, 6.07) is 3.40. The van der Waals surface area contributed by atoms with Gasteiger partial charge in [0.15, 0.2) is 0 Å². The molecule has 0 bridgehead atoms. The van der Waals surface area contributed by atoms with E-state index < -0.39 is 11.2 Å². The molecule has 0 radical (unpaired) electrons. The van der Waals surface area contributed by atoms with E-state index in [1.807, 2.05) is 13.0 Å². The summed E-state index contributed by atoms with van der Waals surface area (Å²) in [6.07, 6.45) is -1.18. The number of nitrogens with one attached hydrogen (secondary N) is 1. The lowest BCUT2D eigenvalue weighted by molar-refractivity contribution is -0.138. The Morgan fingerprint density at radius 2 is 2.11 bits per heavy atom. The largest absolute Gasteiger partial charge is 0.445 e. The molecule has 0 amide bonds. The van der Waals surface area contributed by atoms with Gasteiger partial charge in [0.05, 0.1) is 6.04 Å². The van der Waals surface area contributed by atoms with Gasteiger partial charge in [-0.25, -0.2) is 0 Å². The van der Waals surface area contributed by atoms with Crippen molar-refractivity contribution in [2.45, 2.75) is 19.1 Å². The first kappa shape index (κ1) is 12.7. The maximum absolute atomic E-state index is 12.3. The Hall–Kier alpha value is -1.70. The highest BCUT2D eigenvalue weighted by Gasteiger charge is 2.35. The van der Waals surface area contributed by atoms with Gasteiger partial charge in [-0.05, 0) is 18.6 Å². The van der Waals surface area contributed by atoms with Crippen LogP contribution >= 0.6 is 11.3 Å². The van der Waals surface area contributed by atoms with Gasteiger partial charge < -0.3 is 5.32 Å². The third-order valence-electron chi connectivity index (χ3n) is 2.19. The van der Waals surface area contributed by atoms with Crippen LogP contribution in [-0.4, -0.2) is 15.2 Å². The fraction of sp³-hybridized carbons (Fsp3) is 0.300. The lowest BCUT2D eigenvalue weighted by Gasteiger charge is -2.11. The van der Waals surface area contributed by atoms with Crippen LogP contribution in [0.15, 0.2) is 24.5 Å². The van der Waals surface area contributed by atoms with Crippen molar-refractivity contribution < 1.29 is 13.2 Å². The molecule has 0 aliphatic rings. The van der Waals surface area contributed by atoms with Gasteiger partial charge >= 0.3 is 6.18 Å². The number of alkyl halides is 3. The van der Waals surface area contributed by atoms with Crippen molar-refractivity contribution in [1.29, 1.82) is 0 Å². The Morgan fingerprint density at radius 1 is 1.33 bits per heavy atom. The molecular weight excluding hydrogens is 265 g/mol. The van der Waals surface area contributed by atoms with E-state index in [-0.39, 0.29) is 11.2 Å². The number of hydrogen-bond donors (Lipinski definition) is 1. The predicted molar refractivity (Wildman–Crippen MR) is 61.2 cm³/mol. The molecule has 0 aliphatic heterocycles. The van der Waals surface area contributed by atoms with Gasteiger partial charge in [0, 0.05) is 12.4 Å². The van der Waals surface area contributed by atoms with Crippen molar-refractivity contribution in [3.05, 3.63) is 35.1 Å². The third kappa shape index (κ3) is 2.95. The summed E-state index contributed by atoms with van der Waals surface area (Å²) >= 11 is 0.484. The van der Waals surface area contributed by atoms with E-state index in [0.29, 0.717) is 11.3 Å². The van der Waals surface area contributed by atoms with Crippen molar-refractivity contribution in [3.8, 4) is 0 Å². The van der Waals surface area contributed by atoms with E-state index in [9.17, 15) is 13.2 Å². The van der Waals surface area contributed by atoms with Crippen molar-refractivity contribution >= 4 is 16.5 Å². The quantitative estimate of drug-likeness (QED) is 0.934. The summed E-state index contributed by atoms with van der Waals surface area (Å²) in [5.74, 6) is 0. The first-order valence-electron chi connectivity index (χ1n) is 5.04. The van der Waals surface area contributed by atoms with Gasteiger partial charge in [0.1, 0.15) is 0 Å². The molecule has 2 aromatic rings. The molecular formula is C10H9F3N4S. The summed E-state index contributed by atoms with van der Waals surface area (Å²) in [5.41, 5.74) is 0.862. The first-order chi connectivity index (χ1) is 8.47. The molecule has 1 N–H and O–H groups in total. The zero-order valence-electron chi connectivity index (χ0n) is 9.27. The molecule has 0 saturated carbocycles. The lowest BCUT2D eigenvalue weighted by Crippen LogP contribution is -2.06. The second kappa shape index (κ2) is 4.89. The monoisotopic (exact) mass is 274 g/mol. The molecule has 96 valence electrons. The van der Waals surface area contributed by atoms with Crippen LogP contribution in [0.4, 0.5) is 18.3 Å². The van der Waals surface area contributed by atoms with E-state index >= 15 is 0 Å². The van der Waals surface area contributed by atoms with E-state index in [1.54, 1.807) is 18.5 Å². The first-order valence-corrected chi connectivity index (χ1v) is 5.85. The minimum Gasteiger partial charge on any atom is -0.353 e. The van der Waals surface area contributed by atoms with Crippen LogP contribution < -0.4 is 5.32 Å². The summed E-state index contributed by atoms with van der Waals surface area (Å²) in [4.78, 5) is 3.94. The van der Waals surface area contributed by atoms with Gasteiger partial charge in [0.2, 0.25) is 10.1 Å². The standard InChI is InChI=1S/C10H9F3N4S/c1-6(7-3-2-4-14-5-7)15-9-17-16-8(18-9)10(11,12)13/h2-6H,1H3,(H,15,17). The molecule has 1 atom stereocenters. The van der Waals surface area contributed by atoms with Crippen molar-refractivity contribution in [2.24, 2.45) is 0 Å². The highest BCUT2D eigenvalue weighted by Crippen LogP contribution is 2.33. The highest BCUT2D eigenvalue weighted by molar-refractivity contribution is 7.15. The van der Waals surface area contributed by atoms with Crippen molar-refractivity contribution in [3.63, 3.8) is 0 Å². The molecule has 2 aromatic heterocycles. The highest BCUT2D eigenvalue weighted by atomic mass is 32.1. The van der Waals surface area contributed by atoms with Crippen LogP contribution in [0.25, 0.3) is 0 Å². The number of aromatic nitrogens is 3. The van der Waals surface area contributed by atoms with Crippen molar-refractivity contribution in [1.82, 2.24) is 15.2 Å². The fourth-order valence-corrected chi connectivity index (χ4v) is 1.99. The molecule has 8 heteroatoms. The second-order valence-corrected chi connectivity index (χ2v) is 4.54. The topological polar surface area (TPSA) is 50.7 Å². The molecule has 0 aliphatic carbocycles. The van der Waals surface area contributed by atoms with Crippen LogP contribution in [0.2, 0.25) is 0 Å². The van der Waals surface area contributed by atoms with E-state index in [0.717, 1.165) is 5.56 Å². The van der Waals surface area contributed by atoms with Crippen LogP contribution in [0, 0.1) is 0 Å². The van der Waals surface area contributed by atoms with Crippen LogP contribution in [0.1, 0.15) is 23.5 Å². The molecule has 0 saturated heterocycles. The molecule has 2 heterocycles. The Morgan fingerprint density at radius 3 is 2.67 bits per heavy atom. The lowest BCUT2D eigenvalue weighted by atomic mass is 10.1. The Bertz CT molecular complexity index is 511. The Kier molecular flexibility index (Phi) is 3.46.